The van der Waals surface area contributed by atoms with E-state index in [1.165, 1.54) is 0 Å². The van der Waals surface area contributed by atoms with Gasteiger partial charge in [0, 0.05) is 23.9 Å². The van der Waals surface area contributed by atoms with Gasteiger partial charge in [-0.25, -0.2) is 0 Å². The highest BCUT2D eigenvalue weighted by atomic mass is 16.5. The quantitative estimate of drug-likeness (QED) is 0.788. The van der Waals surface area contributed by atoms with E-state index in [9.17, 15) is 9.59 Å². The molecule has 0 saturated carbocycles. The van der Waals surface area contributed by atoms with Crippen molar-refractivity contribution >= 4 is 23.2 Å². The molecule has 0 unspecified atom stereocenters. The third-order valence-electron chi connectivity index (χ3n) is 5.13. The molecule has 0 fully saturated rings. The Hall–Kier alpha value is -3.33. The maximum absolute atomic E-state index is 13.1. The Labute approximate surface area is 177 Å². The molecule has 2 aromatic carbocycles. The molecular weight excluding hydrogens is 378 g/mol. The molecule has 30 heavy (non-hydrogen) atoms. The van der Waals surface area contributed by atoms with Gasteiger partial charge in [0.15, 0.2) is 0 Å². The zero-order valence-electron chi connectivity index (χ0n) is 17.9. The van der Waals surface area contributed by atoms with Crippen LogP contribution in [0.3, 0.4) is 0 Å². The number of nitrogens with one attached hydrogen (secondary N) is 1. The molecule has 156 valence electrons. The van der Waals surface area contributed by atoms with Crippen molar-refractivity contribution in [1.29, 1.82) is 5.26 Å². The van der Waals surface area contributed by atoms with Crippen LogP contribution in [0.4, 0.5) is 11.4 Å². The molecule has 1 N–H and O–H groups in total. The number of fused-ring (bicyclic) bond motifs is 1. The third kappa shape index (κ3) is 4.62. The zero-order chi connectivity index (χ0) is 21.9. The van der Waals surface area contributed by atoms with Crippen molar-refractivity contribution in [3.63, 3.8) is 0 Å². The largest absolute Gasteiger partial charge is 0.490 e. The van der Waals surface area contributed by atoms with Crippen molar-refractivity contribution in [1.82, 2.24) is 0 Å². The van der Waals surface area contributed by atoms with Crippen LogP contribution in [0.1, 0.15) is 50.0 Å². The number of anilines is 2. The molecule has 6 nitrogen and oxygen atoms in total. The summed E-state index contributed by atoms with van der Waals surface area (Å²) in [4.78, 5) is 27.4. The summed E-state index contributed by atoms with van der Waals surface area (Å²) < 4.78 is 5.98. The first-order valence-electron chi connectivity index (χ1n) is 10.1. The molecule has 1 aliphatic rings. The van der Waals surface area contributed by atoms with Gasteiger partial charge in [0.05, 0.1) is 22.7 Å². The van der Waals surface area contributed by atoms with E-state index in [2.05, 4.69) is 19.2 Å². The standard InChI is InChI=1S/C24H27N3O3/c1-16(2)11-12-27-20-10-9-19(13-21(20)30-15-24(3,4)23(27)29)26-22(28)18-7-5-17(14-25)6-8-18/h5-10,13,16H,11-12,15H2,1-4H3,(H,26,28). The van der Waals surface area contributed by atoms with Crippen LogP contribution in [0.5, 0.6) is 5.75 Å². The maximum Gasteiger partial charge on any atom is 0.255 e. The lowest BCUT2D eigenvalue weighted by atomic mass is 9.92. The van der Waals surface area contributed by atoms with Crippen LogP contribution >= 0.6 is 0 Å². The summed E-state index contributed by atoms with van der Waals surface area (Å²) in [5.41, 5.74) is 1.63. The van der Waals surface area contributed by atoms with E-state index >= 15 is 0 Å². The molecule has 3 rings (SSSR count). The van der Waals surface area contributed by atoms with Gasteiger partial charge in [-0.05, 0) is 62.6 Å². The van der Waals surface area contributed by atoms with Gasteiger partial charge < -0.3 is 15.0 Å². The smallest absolute Gasteiger partial charge is 0.255 e. The lowest BCUT2D eigenvalue weighted by Gasteiger charge is -2.28. The number of amides is 2. The Morgan fingerprint density at radius 1 is 1.23 bits per heavy atom. The Balaban J connectivity index is 1.86. The molecule has 1 aliphatic heterocycles. The fourth-order valence-corrected chi connectivity index (χ4v) is 3.23. The van der Waals surface area contributed by atoms with Gasteiger partial charge in [-0.2, -0.15) is 5.26 Å². The van der Waals surface area contributed by atoms with E-state index in [-0.39, 0.29) is 18.4 Å². The first kappa shape index (κ1) is 21.4. The van der Waals surface area contributed by atoms with Gasteiger partial charge in [0.2, 0.25) is 5.91 Å². The second-order valence-electron chi connectivity index (χ2n) is 8.64. The summed E-state index contributed by atoms with van der Waals surface area (Å²) in [7, 11) is 0. The molecule has 0 spiro atoms. The van der Waals surface area contributed by atoms with Gasteiger partial charge in [-0.3, -0.25) is 9.59 Å². The number of nitrogens with zero attached hydrogens (tertiary/aromatic N) is 2. The summed E-state index contributed by atoms with van der Waals surface area (Å²) in [6, 6.07) is 13.8. The minimum absolute atomic E-state index is 0.0382. The van der Waals surface area contributed by atoms with Crippen molar-refractivity contribution in [3.05, 3.63) is 53.6 Å². The molecule has 0 aliphatic carbocycles. The minimum atomic E-state index is -0.637. The molecule has 0 aromatic heterocycles. The average molecular weight is 405 g/mol. The molecule has 0 radical (unpaired) electrons. The van der Waals surface area contributed by atoms with Gasteiger partial charge in [-0.15, -0.1) is 0 Å². The average Bonchev–Trinajstić information content (AvgIpc) is 2.81. The van der Waals surface area contributed by atoms with Crippen LogP contribution in [0.15, 0.2) is 42.5 Å². The zero-order valence-corrected chi connectivity index (χ0v) is 17.9. The van der Waals surface area contributed by atoms with E-state index in [1.54, 1.807) is 41.3 Å². The highest BCUT2D eigenvalue weighted by molar-refractivity contribution is 6.05. The van der Waals surface area contributed by atoms with Gasteiger partial charge >= 0.3 is 0 Å². The van der Waals surface area contributed by atoms with Crippen LogP contribution < -0.4 is 15.0 Å². The highest BCUT2D eigenvalue weighted by Gasteiger charge is 2.37. The second-order valence-corrected chi connectivity index (χ2v) is 8.64. The lowest BCUT2D eigenvalue weighted by molar-refractivity contribution is -0.127. The molecule has 0 saturated heterocycles. The summed E-state index contributed by atoms with van der Waals surface area (Å²) in [6.45, 7) is 8.92. The fourth-order valence-electron chi connectivity index (χ4n) is 3.23. The number of benzene rings is 2. The van der Waals surface area contributed by atoms with E-state index in [1.807, 2.05) is 26.0 Å². The van der Waals surface area contributed by atoms with Crippen molar-refractivity contribution in [3.8, 4) is 11.8 Å². The maximum atomic E-state index is 13.1. The molecule has 0 bridgehead atoms. The molecule has 2 amide bonds. The van der Waals surface area contributed by atoms with E-state index in [4.69, 9.17) is 10.00 Å². The van der Waals surface area contributed by atoms with Crippen molar-refractivity contribution in [2.75, 3.05) is 23.4 Å². The third-order valence-corrected chi connectivity index (χ3v) is 5.13. The monoisotopic (exact) mass is 405 g/mol. The van der Waals surface area contributed by atoms with E-state index in [0.717, 1.165) is 12.1 Å². The van der Waals surface area contributed by atoms with Gasteiger partial charge in [0.25, 0.3) is 5.91 Å². The predicted molar refractivity (Wildman–Crippen MR) is 117 cm³/mol. The fraction of sp³-hybridized carbons (Fsp3) is 0.375. The molecular formula is C24H27N3O3. The van der Waals surface area contributed by atoms with E-state index < -0.39 is 5.41 Å². The number of carbonyl (C=O) groups is 2. The van der Waals surface area contributed by atoms with Crippen LogP contribution in [0, 0.1) is 22.7 Å². The van der Waals surface area contributed by atoms with Gasteiger partial charge in [-0.1, -0.05) is 13.8 Å². The van der Waals surface area contributed by atoms with Crippen LogP contribution in [-0.2, 0) is 4.79 Å². The SMILES string of the molecule is CC(C)CCN1C(=O)C(C)(C)COc2cc(NC(=O)c3ccc(C#N)cc3)ccc21. The van der Waals surface area contributed by atoms with Crippen molar-refractivity contribution < 1.29 is 14.3 Å². The topological polar surface area (TPSA) is 82.4 Å². The lowest BCUT2D eigenvalue weighted by Crippen LogP contribution is -2.42. The molecule has 6 heteroatoms. The van der Waals surface area contributed by atoms with Crippen molar-refractivity contribution in [2.45, 2.75) is 34.1 Å². The number of rotatable bonds is 5. The number of hydrogen-bond acceptors (Lipinski definition) is 4. The molecule has 2 aromatic rings. The molecule has 1 heterocycles. The van der Waals surface area contributed by atoms with Crippen molar-refractivity contribution in [2.24, 2.45) is 11.3 Å². The molecule has 0 atom stereocenters. The van der Waals surface area contributed by atoms with Crippen LogP contribution in [-0.4, -0.2) is 25.0 Å². The minimum Gasteiger partial charge on any atom is -0.490 e. The summed E-state index contributed by atoms with van der Waals surface area (Å²) in [5, 5.41) is 11.7. The second kappa shape index (κ2) is 8.58. The Morgan fingerprint density at radius 3 is 2.57 bits per heavy atom. The normalized spacial score (nSPS) is 15.1. The Kier molecular flexibility index (Phi) is 6.12. The van der Waals surface area contributed by atoms with E-state index in [0.29, 0.717) is 35.0 Å². The summed E-state index contributed by atoms with van der Waals surface area (Å²) in [6.07, 6.45) is 0.887. The summed E-state index contributed by atoms with van der Waals surface area (Å²) in [5.74, 6) is 0.812. The Morgan fingerprint density at radius 2 is 1.93 bits per heavy atom. The first-order valence-corrected chi connectivity index (χ1v) is 10.1. The number of carbonyl (C=O) groups excluding carboxylic acids is 2. The number of nitriles is 1. The predicted octanol–water partition coefficient (Wildman–Crippen LogP) is 4.61. The summed E-state index contributed by atoms with van der Waals surface area (Å²) >= 11 is 0. The number of ether oxygens (including phenoxy) is 1. The first-order chi connectivity index (χ1) is 14.2. The van der Waals surface area contributed by atoms with Crippen LogP contribution in [0.25, 0.3) is 0 Å². The number of hydrogen-bond donors (Lipinski definition) is 1. The van der Waals surface area contributed by atoms with Crippen LogP contribution in [0.2, 0.25) is 0 Å². The highest BCUT2D eigenvalue weighted by Crippen LogP contribution is 2.38. The van der Waals surface area contributed by atoms with Gasteiger partial charge in [0.1, 0.15) is 12.4 Å². The Bertz CT molecular complexity index is 988.